The number of rotatable bonds is 1. The molecular weight excluding hydrogens is 184 g/mol. The highest BCUT2D eigenvalue weighted by Gasteiger charge is 2.11. The molecule has 0 spiro atoms. The summed E-state index contributed by atoms with van der Waals surface area (Å²) in [5.41, 5.74) is 2.42. The fraction of sp³-hybridized carbons (Fsp3) is 0.231. The van der Waals surface area contributed by atoms with Gasteiger partial charge in [0.2, 0.25) is 0 Å². The molecule has 0 atom stereocenters. The molecule has 2 rings (SSSR count). The highest BCUT2D eigenvalue weighted by molar-refractivity contribution is 5.57. The zero-order valence-corrected chi connectivity index (χ0v) is 9.03. The van der Waals surface area contributed by atoms with E-state index in [0.717, 1.165) is 23.9 Å². The molecule has 78 valence electrons. The van der Waals surface area contributed by atoms with Crippen LogP contribution >= 0.6 is 0 Å². The lowest BCUT2D eigenvalue weighted by Crippen LogP contribution is -2.32. The average molecular weight is 200 g/mol. The molecule has 2 heteroatoms. The van der Waals surface area contributed by atoms with Crippen molar-refractivity contribution in [2.24, 2.45) is 0 Å². The van der Waals surface area contributed by atoms with Gasteiger partial charge in [-0.05, 0) is 31.4 Å². The number of hydrogen-bond acceptors (Lipinski definition) is 1. The van der Waals surface area contributed by atoms with Gasteiger partial charge in [0.15, 0.2) is 0 Å². The van der Waals surface area contributed by atoms with E-state index < -0.39 is 0 Å². The van der Waals surface area contributed by atoms with Crippen molar-refractivity contribution < 1.29 is 0 Å². The van der Waals surface area contributed by atoms with Gasteiger partial charge in [-0.2, -0.15) is 0 Å². The lowest BCUT2D eigenvalue weighted by molar-refractivity contribution is 0.923. The molecular formula is C13H16N2. The molecule has 1 heterocycles. The van der Waals surface area contributed by atoms with Gasteiger partial charge >= 0.3 is 0 Å². The minimum absolute atomic E-state index is 0.893. The summed E-state index contributed by atoms with van der Waals surface area (Å²) in [5, 5.41) is 2.07. The molecule has 1 aromatic rings. The van der Waals surface area contributed by atoms with E-state index in [0.29, 0.717) is 0 Å². The highest BCUT2D eigenvalue weighted by Crippen LogP contribution is 2.13. The van der Waals surface area contributed by atoms with Gasteiger partial charge in [0.25, 0.3) is 0 Å². The molecule has 1 aliphatic carbocycles. The Morgan fingerprint density at radius 2 is 2.33 bits per heavy atom. The van der Waals surface area contributed by atoms with Crippen molar-refractivity contribution in [2.75, 3.05) is 5.84 Å². The van der Waals surface area contributed by atoms with Gasteiger partial charge in [-0.25, -0.2) is 0 Å². The lowest BCUT2D eigenvalue weighted by atomic mass is 10.0. The van der Waals surface area contributed by atoms with E-state index in [1.807, 2.05) is 19.1 Å². The third kappa shape index (κ3) is 1.52. The van der Waals surface area contributed by atoms with Crippen LogP contribution in [0.2, 0.25) is 0 Å². The van der Waals surface area contributed by atoms with E-state index in [1.165, 1.54) is 10.8 Å². The van der Waals surface area contributed by atoms with Gasteiger partial charge in [0, 0.05) is 5.22 Å². The van der Waals surface area contributed by atoms with Gasteiger partial charge in [0.1, 0.15) is 0 Å². The third-order valence-electron chi connectivity index (χ3n) is 2.79. The van der Waals surface area contributed by atoms with Crippen LogP contribution < -0.4 is 16.4 Å². The molecule has 0 unspecified atom stereocenters. The van der Waals surface area contributed by atoms with Crippen molar-refractivity contribution in [3.05, 3.63) is 40.1 Å². The second kappa shape index (κ2) is 3.81. The van der Waals surface area contributed by atoms with Crippen LogP contribution in [0, 0.1) is 0 Å². The molecule has 0 fully saturated rings. The van der Waals surface area contributed by atoms with Gasteiger partial charge in [0.05, 0.1) is 11.0 Å². The van der Waals surface area contributed by atoms with Crippen LogP contribution in [0.3, 0.4) is 0 Å². The monoisotopic (exact) mass is 200 g/mol. The first-order valence-electron chi connectivity index (χ1n) is 5.23. The summed E-state index contributed by atoms with van der Waals surface area (Å²) >= 11 is 0. The van der Waals surface area contributed by atoms with E-state index in [4.69, 9.17) is 5.84 Å². The summed E-state index contributed by atoms with van der Waals surface area (Å²) in [4.78, 5) is 0. The minimum atomic E-state index is 0.893. The molecule has 0 saturated heterocycles. The summed E-state index contributed by atoms with van der Waals surface area (Å²) in [5.74, 6) is 5.95. The molecule has 15 heavy (non-hydrogen) atoms. The van der Waals surface area contributed by atoms with E-state index >= 15 is 0 Å². The van der Waals surface area contributed by atoms with E-state index in [2.05, 4.69) is 24.8 Å². The van der Waals surface area contributed by atoms with E-state index in [9.17, 15) is 0 Å². The lowest BCUT2D eigenvalue weighted by Gasteiger charge is -2.06. The quantitative estimate of drug-likeness (QED) is 0.672. The van der Waals surface area contributed by atoms with Crippen molar-refractivity contribution in [1.82, 2.24) is 4.68 Å². The van der Waals surface area contributed by atoms with Crippen molar-refractivity contribution in [2.45, 2.75) is 19.8 Å². The zero-order valence-electron chi connectivity index (χ0n) is 9.03. The van der Waals surface area contributed by atoms with Crippen LogP contribution in [0.5, 0.6) is 0 Å². The Hall–Kier alpha value is -1.70. The predicted molar refractivity (Wildman–Crippen MR) is 66.0 cm³/mol. The summed E-state index contributed by atoms with van der Waals surface area (Å²) in [6, 6.07) is 0. The first-order valence-corrected chi connectivity index (χ1v) is 5.23. The van der Waals surface area contributed by atoms with Gasteiger partial charge in [-0.1, -0.05) is 30.9 Å². The fourth-order valence-electron chi connectivity index (χ4n) is 1.99. The Kier molecular flexibility index (Phi) is 2.50. The number of hydrogen-bond donors (Lipinski definition) is 1. The number of allylic oxidation sites excluding steroid dienone is 3. The fourth-order valence-corrected chi connectivity index (χ4v) is 1.99. The molecule has 1 aromatic heterocycles. The van der Waals surface area contributed by atoms with Gasteiger partial charge in [-0.3, -0.25) is 4.68 Å². The number of nitrogens with two attached hydrogens (primary N) is 1. The highest BCUT2D eigenvalue weighted by atomic mass is 15.3. The average Bonchev–Trinajstić information content (AvgIpc) is 2.51. The van der Waals surface area contributed by atoms with Crippen LogP contribution in [0.25, 0.3) is 18.7 Å². The van der Waals surface area contributed by atoms with Crippen LogP contribution in [-0.2, 0) is 6.42 Å². The zero-order chi connectivity index (χ0) is 10.8. The van der Waals surface area contributed by atoms with E-state index in [-0.39, 0.29) is 0 Å². The van der Waals surface area contributed by atoms with Crippen LogP contribution in [0.15, 0.2) is 18.2 Å². The van der Waals surface area contributed by atoms with Crippen molar-refractivity contribution in [1.29, 1.82) is 0 Å². The number of nitrogens with zero attached hydrogens (tertiary/aromatic N) is 1. The largest absolute Gasteiger partial charge is 0.339 e. The molecule has 2 N–H and O–H groups in total. The second-order valence-corrected chi connectivity index (χ2v) is 3.73. The summed E-state index contributed by atoms with van der Waals surface area (Å²) in [6.45, 7) is 6.02. The van der Waals surface area contributed by atoms with E-state index in [1.54, 1.807) is 4.68 Å². The molecule has 0 radical (unpaired) electrons. The van der Waals surface area contributed by atoms with Crippen LogP contribution in [0.4, 0.5) is 0 Å². The van der Waals surface area contributed by atoms with Crippen LogP contribution in [-0.4, -0.2) is 4.68 Å². The minimum Gasteiger partial charge on any atom is -0.339 e. The maximum Gasteiger partial charge on any atom is 0.0659 e. The predicted octanol–water partition coefficient (Wildman–Crippen LogP) is 0.928. The summed E-state index contributed by atoms with van der Waals surface area (Å²) in [6.07, 6.45) is 12.5. The molecule has 0 aromatic carbocycles. The molecule has 2 nitrogen and oxygen atoms in total. The first-order chi connectivity index (χ1) is 7.25. The number of aromatic nitrogens is 1. The Morgan fingerprint density at radius 3 is 3.07 bits per heavy atom. The summed E-state index contributed by atoms with van der Waals surface area (Å²) in [7, 11) is 0. The topological polar surface area (TPSA) is 30.9 Å². The maximum absolute atomic E-state index is 5.95. The Labute approximate surface area is 89.7 Å². The molecule has 0 amide bonds. The number of nitrogen functional groups attached to an aromatic ring is 1. The third-order valence-corrected chi connectivity index (χ3v) is 2.79. The van der Waals surface area contributed by atoms with Gasteiger partial charge < -0.3 is 5.84 Å². The summed E-state index contributed by atoms with van der Waals surface area (Å²) < 4.78 is 1.68. The molecule has 1 aliphatic rings. The van der Waals surface area contributed by atoms with Gasteiger partial charge in [-0.15, -0.1) is 0 Å². The standard InChI is InChI=1S/C13H16N2/c1-3-4-7-11-10(2)15(14)13-9-6-5-8-12(11)13/h3-4,6-7,9H,2,5,8,14H2,1H3/b4-3-,11-7+. The molecule has 0 bridgehead atoms. The Bertz CT molecular complexity index is 530. The molecule has 0 saturated carbocycles. The smallest absolute Gasteiger partial charge is 0.0659 e. The van der Waals surface area contributed by atoms with Crippen molar-refractivity contribution in [3.63, 3.8) is 0 Å². The Morgan fingerprint density at radius 1 is 1.53 bits per heavy atom. The van der Waals surface area contributed by atoms with Crippen LogP contribution in [0.1, 0.15) is 24.6 Å². The second-order valence-electron chi connectivity index (χ2n) is 3.73. The molecule has 0 aliphatic heterocycles. The Balaban J connectivity index is 2.76. The number of fused-ring (bicyclic) bond motifs is 1. The SMILES string of the molecule is C=c1/c(=C\C=C/C)c2c(n1N)C=CCC2. The van der Waals surface area contributed by atoms with Crippen molar-refractivity contribution in [3.8, 4) is 0 Å². The normalized spacial score (nSPS) is 16.2. The maximum atomic E-state index is 5.95. The van der Waals surface area contributed by atoms with Crippen molar-refractivity contribution >= 4 is 18.7 Å². The first kappa shape index (κ1) is 9.84.